The number of esters is 1. The summed E-state index contributed by atoms with van der Waals surface area (Å²) in [6, 6.07) is 14.4. The average molecular weight is 368 g/mol. The number of thioether (sulfide) groups is 1. The number of hydrogen-bond donors (Lipinski definition) is 0. The van der Waals surface area contributed by atoms with Crippen LogP contribution in [-0.2, 0) is 9.53 Å². The van der Waals surface area contributed by atoms with Gasteiger partial charge in [-0.2, -0.15) is 0 Å². The number of hydrogen-bond acceptors (Lipinski definition) is 6. The quantitative estimate of drug-likeness (QED) is 0.521. The molecule has 1 fully saturated rings. The Hall–Kier alpha value is -2.80. The standard InChI is InChI=1S/C19H16N2O4S/c1-24-15-9-5-4-8-14(15)21-17(22)12-6-2-3-7-13(12)20-19(21)26-16-10-11-25-18(16)23/h2-9,16H,10-11H2,1H3/t16-/m0/s1. The molecule has 0 saturated carbocycles. The normalized spacial score (nSPS) is 16.7. The fourth-order valence-electron chi connectivity index (χ4n) is 2.93. The third-order valence-corrected chi connectivity index (χ3v) is 5.40. The molecule has 132 valence electrons. The van der Waals surface area contributed by atoms with Gasteiger partial charge in [-0.15, -0.1) is 0 Å². The van der Waals surface area contributed by atoms with Crippen LogP contribution in [-0.4, -0.2) is 34.5 Å². The predicted octanol–water partition coefficient (Wildman–Crippen LogP) is 2.80. The first kappa shape index (κ1) is 16.7. The molecule has 1 aromatic heterocycles. The van der Waals surface area contributed by atoms with Crippen molar-refractivity contribution in [1.29, 1.82) is 0 Å². The predicted molar refractivity (Wildman–Crippen MR) is 99.1 cm³/mol. The second kappa shape index (κ2) is 6.84. The number of benzene rings is 2. The van der Waals surface area contributed by atoms with Crippen molar-refractivity contribution in [2.24, 2.45) is 0 Å². The van der Waals surface area contributed by atoms with Crippen LogP contribution in [0.2, 0.25) is 0 Å². The minimum Gasteiger partial charge on any atom is -0.495 e. The van der Waals surface area contributed by atoms with Gasteiger partial charge in [-0.05, 0) is 24.3 Å². The highest BCUT2D eigenvalue weighted by molar-refractivity contribution is 8.00. The molecule has 4 rings (SSSR count). The molecule has 2 aromatic carbocycles. The summed E-state index contributed by atoms with van der Waals surface area (Å²) < 4.78 is 12.0. The van der Waals surface area contributed by atoms with Crippen LogP contribution in [0.1, 0.15) is 6.42 Å². The molecule has 2 heterocycles. The van der Waals surface area contributed by atoms with E-state index in [1.165, 1.54) is 16.3 Å². The van der Waals surface area contributed by atoms with Crippen LogP contribution in [0.3, 0.4) is 0 Å². The van der Waals surface area contributed by atoms with Crippen LogP contribution < -0.4 is 10.3 Å². The second-order valence-electron chi connectivity index (χ2n) is 5.79. The van der Waals surface area contributed by atoms with E-state index in [0.717, 1.165) is 0 Å². The zero-order chi connectivity index (χ0) is 18.1. The Morgan fingerprint density at radius 3 is 2.69 bits per heavy atom. The van der Waals surface area contributed by atoms with Gasteiger partial charge < -0.3 is 9.47 Å². The molecule has 26 heavy (non-hydrogen) atoms. The molecule has 0 amide bonds. The number of rotatable bonds is 4. The zero-order valence-corrected chi connectivity index (χ0v) is 14.9. The zero-order valence-electron chi connectivity index (χ0n) is 14.0. The number of ether oxygens (including phenoxy) is 2. The number of carbonyl (C=O) groups is 1. The Bertz CT molecular complexity index is 1050. The topological polar surface area (TPSA) is 70.4 Å². The highest BCUT2D eigenvalue weighted by atomic mass is 32.2. The summed E-state index contributed by atoms with van der Waals surface area (Å²) in [5.74, 6) is 0.284. The lowest BCUT2D eigenvalue weighted by molar-refractivity contribution is -0.137. The van der Waals surface area contributed by atoms with Crippen molar-refractivity contribution in [3.8, 4) is 11.4 Å². The largest absolute Gasteiger partial charge is 0.495 e. The summed E-state index contributed by atoms with van der Waals surface area (Å²) >= 11 is 1.25. The molecule has 0 spiro atoms. The van der Waals surface area contributed by atoms with Gasteiger partial charge in [0, 0.05) is 6.42 Å². The molecule has 7 heteroatoms. The van der Waals surface area contributed by atoms with E-state index >= 15 is 0 Å². The molecule has 0 radical (unpaired) electrons. The molecule has 1 saturated heterocycles. The van der Waals surface area contributed by atoms with E-state index in [1.807, 2.05) is 18.2 Å². The maximum atomic E-state index is 13.2. The van der Waals surface area contributed by atoms with Crippen molar-refractivity contribution in [3.63, 3.8) is 0 Å². The van der Waals surface area contributed by atoms with Crippen molar-refractivity contribution in [2.45, 2.75) is 16.8 Å². The first-order chi connectivity index (χ1) is 12.7. The van der Waals surface area contributed by atoms with Gasteiger partial charge in [0.05, 0.1) is 30.3 Å². The van der Waals surface area contributed by atoms with E-state index in [-0.39, 0.29) is 16.8 Å². The molecular weight excluding hydrogens is 352 g/mol. The van der Waals surface area contributed by atoms with Crippen LogP contribution in [0.25, 0.3) is 16.6 Å². The smallest absolute Gasteiger partial charge is 0.319 e. The second-order valence-corrected chi connectivity index (χ2v) is 6.96. The summed E-state index contributed by atoms with van der Waals surface area (Å²) in [6.45, 7) is 0.392. The minimum absolute atomic E-state index is 0.200. The molecule has 6 nitrogen and oxygen atoms in total. The summed E-state index contributed by atoms with van der Waals surface area (Å²) in [5.41, 5.74) is 0.985. The molecular formula is C19H16N2O4S. The lowest BCUT2D eigenvalue weighted by atomic mass is 10.2. The Labute approximate surface area is 153 Å². The van der Waals surface area contributed by atoms with Gasteiger partial charge in [-0.25, -0.2) is 4.98 Å². The molecule has 0 unspecified atom stereocenters. The number of nitrogens with zero attached hydrogens (tertiary/aromatic N) is 2. The third-order valence-electron chi connectivity index (χ3n) is 4.21. The average Bonchev–Trinajstić information content (AvgIpc) is 3.07. The lowest BCUT2D eigenvalue weighted by Crippen LogP contribution is -2.23. The Morgan fingerprint density at radius 1 is 1.15 bits per heavy atom. The lowest BCUT2D eigenvalue weighted by Gasteiger charge is -2.16. The Kier molecular flexibility index (Phi) is 4.38. The summed E-state index contributed by atoms with van der Waals surface area (Å²) in [7, 11) is 1.56. The maximum absolute atomic E-state index is 13.2. The molecule has 0 N–H and O–H groups in total. The Balaban J connectivity index is 1.96. The van der Waals surface area contributed by atoms with E-state index in [9.17, 15) is 9.59 Å². The first-order valence-electron chi connectivity index (χ1n) is 8.17. The number of methoxy groups -OCH3 is 1. The summed E-state index contributed by atoms with van der Waals surface area (Å²) in [5, 5.41) is 0.586. The molecule has 1 aliphatic rings. The van der Waals surface area contributed by atoms with E-state index < -0.39 is 0 Å². The first-order valence-corrected chi connectivity index (χ1v) is 9.05. The van der Waals surface area contributed by atoms with E-state index in [2.05, 4.69) is 4.98 Å². The maximum Gasteiger partial charge on any atom is 0.319 e. The number of cyclic esters (lactones) is 1. The van der Waals surface area contributed by atoms with Gasteiger partial charge in [0.1, 0.15) is 11.0 Å². The fourth-order valence-corrected chi connectivity index (χ4v) is 4.00. The van der Waals surface area contributed by atoms with Gasteiger partial charge >= 0.3 is 5.97 Å². The fraction of sp³-hybridized carbons (Fsp3) is 0.211. The minimum atomic E-state index is -0.371. The van der Waals surface area contributed by atoms with Crippen LogP contribution in [0, 0.1) is 0 Å². The van der Waals surface area contributed by atoms with Gasteiger partial charge in [0.15, 0.2) is 5.16 Å². The van der Waals surface area contributed by atoms with Crippen LogP contribution in [0.15, 0.2) is 58.5 Å². The van der Waals surface area contributed by atoms with Crippen LogP contribution >= 0.6 is 11.8 Å². The van der Waals surface area contributed by atoms with Crippen molar-refractivity contribution in [3.05, 3.63) is 58.9 Å². The molecule has 0 aliphatic carbocycles. The monoisotopic (exact) mass is 368 g/mol. The number of carbonyl (C=O) groups excluding carboxylic acids is 1. The van der Waals surface area contributed by atoms with Gasteiger partial charge in [0.2, 0.25) is 0 Å². The molecule has 1 aliphatic heterocycles. The van der Waals surface area contributed by atoms with Crippen molar-refractivity contribution in [1.82, 2.24) is 9.55 Å². The SMILES string of the molecule is COc1ccccc1-n1c(S[C@H]2CCOC2=O)nc2ccccc2c1=O. The molecule has 1 atom stereocenters. The van der Waals surface area contributed by atoms with Crippen molar-refractivity contribution in [2.75, 3.05) is 13.7 Å². The van der Waals surface area contributed by atoms with Gasteiger partial charge in [-0.1, -0.05) is 36.0 Å². The Morgan fingerprint density at radius 2 is 1.92 bits per heavy atom. The highest BCUT2D eigenvalue weighted by Gasteiger charge is 2.30. The number of fused-ring (bicyclic) bond motifs is 1. The van der Waals surface area contributed by atoms with E-state index in [4.69, 9.17) is 9.47 Å². The number of para-hydroxylation sites is 3. The van der Waals surface area contributed by atoms with E-state index in [0.29, 0.717) is 40.5 Å². The highest BCUT2D eigenvalue weighted by Crippen LogP contribution is 2.32. The molecule has 0 bridgehead atoms. The summed E-state index contributed by atoms with van der Waals surface area (Å²) in [6.07, 6.45) is 0.595. The van der Waals surface area contributed by atoms with Gasteiger partial charge in [0.25, 0.3) is 5.56 Å². The van der Waals surface area contributed by atoms with Crippen LogP contribution in [0.5, 0.6) is 5.75 Å². The van der Waals surface area contributed by atoms with Crippen LogP contribution in [0.4, 0.5) is 0 Å². The van der Waals surface area contributed by atoms with Gasteiger partial charge in [-0.3, -0.25) is 14.2 Å². The number of aromatic nitrogens is 2. The van der Waals surface area contributed by atoms with E-state index in [1.54, 1.807) is 37.4 Å². The molecule has 3 aromatic rings. The van der Waals surface area contributed by atoms with Crippen molar-refractivity contribution < 1.29 is 14.3 Å². The summed E-state index contributed by atoms with van der Waals surface area (Å²) in [4.78, 5) is 29.8. The van der Waals surface area contributed by atoms with Crippen molar-refractivity contribution >= 4 is 28.6 Å². The third kappa shape index (κ3) is 2.84.